The highest BCUT2D eigenvalue weighted by molar-refractivity contribution is 5.94. The lowest BCUT2D eigenvalue weighted by atomic mass is 10.1. The predicted octanol–water partition coefficient (Wildman–Crippen LogP) is 3.48. The Morgan fingerprint density at radius 1 is 1.11 bits per heavy atom. The van der Waals surface area contributed by atoms with Gasteiger partial charge < -0.3 is 5.32 Å². The predicted molar refractivity (Wildman–Crippen MR) is 73.2 cm³/mol. The van der Waals surface area contributed by atoms with E-state index in [-0.39, 0.29) is 17.8 Å². The molecule has 0 bridgehead atoms. The Bertz CT molecular complexity index is 563. The lowest BCUT2D eigenvalue weighted by molar-refractivity contribution is 0.0944. The zero-order chi connectivity index (χ0) is 13.7. The van der Waals surface area contributed by atoms with E-state index < -0.39 is 0 Å². The molecule has 0 aliphatic heterocycles. The van der Waals surface area contributed by atoms with Crippen molar-refractivity contribution in [3.63, 3.8) is 0 Å². The van der Waals surface area contributed by atoms with Gasteiger partial charge in [0.15, 0.2) is 0 Å². The summed E-state index contributed by atoms with van der Waals surface area (Å²) in [6, 6.07) is 14.6. The molecule has 2 nitrogen and oxygen atoms in total. The van der Waals surface area contributed by atoms with E-state index >= 15 is 0 Å². The molecule has 0 unspecified atom stereocenters. The molecule has 0 aliphatic rings. The topological polar surface area (TPSA) is 29.1 Å². The molecule has 0 radical (unpaired) electrons. The van der Waals surface area contributed by atoms with Crippen LogP contribution in [0.15, 0.2) is 67.3 Å². The third-order valence-corrected chi connectivity index (χ3v) is 2.79. The van der Waals surface area contributed by atoms with Crippen molar-refractivity contribution in [1.29, 1.82) is 0 Å². The van der Waals surface area contributed by atoms with E-state index in [0.717, 1.165) is 5.56 Å². The van der Waals surface area contributed by atoms with Crippen LogP contribution in [-0.4, -0.2) is 5.91 Å². The maximum atomic E-state index is 12.9. The second-order valence-corrected chi connectivity index (χ2v) is 4.10. The lowest BCUT2D eigenvalue weighted by Gasteiger charge is -2.15. The van der Waals surface area contributed by atoms with Crippen LogP contribution >= 0.6 is 0 Å². The number of carbonyl (C=O) groups excluding carboxylic acids is 1. The Labute approximate surface area is 111 Å². The van der Waals surface area contributed by atoms with Crippen LogP contribution in [0.4, 0.5) is 4.39 Å². The highest BCUT2D eigenvalue weighted by atomic mass is 19.1. The minimum atomic E-state index is -0.340. The first-order valence-electron chi connectivity index (χ1n) is 5.94. The van der Waals surface area contributed by atoms with Crippen molar-refractivity contribution in [1.82, 2.24) is 5.32 Å². The molecule has 1 amide bonds. The van der Waals surface area contributed by atoms with Gasteiger partial charge in [-0.2, -0.15) is 0 Å². The monoisotopic (exact) mass is 255 g/mol. The number of hydrogen-bond donors (Lipinski definition) is 1. The van der Waals surface area contributed by atoms with Crippen molar-refractivity contribution in [2.45, 2.75) is 6.04 Å². The Kier molecular flexibility index (Phi) is 4.08. The summed E-state index contributed by atoms with van der Waals surface area (Å²) in [5, 5.41) is 2.84. The third-order valence-electron chi connectivity index (χ3n) is 2.79. The van der Waals surface area contributed by atoms with Crippen LogP contribution in [0, 0.1) is 5.82 Å². The highest BCUT2D eigenvalue weighted by Crippen LogP contribution is 2.15. The largest absolute Gasteiger partial charge is 0.342 e. The molecule has 1 atom stereocenters. The van der Waals surface area contributed by atoms with Crippen LogP contribution in [-0.2, 0) is 0 Å². The van der Waals surface area contributed by atoms with Crippen molar-refractivity contribution < 1.29 is 9.18 Å². The second kappa shape index (κ2) is 5.96. The average Bonchev–Trinajstić information content (AvgIpc) is 2.46. The molecule has 19 heavy (non-hydrogen) atoms. The van der Waals surface area contributed by atoms with Crippen molar-refractivity contribution in [2.75, 3.05) is 0 Å². The minimum absolute atomic E-state index is 0.185. The lowest BCUT2D eigenvalue weighted by Crippen LogP contribution is -2.27. The quantitative estimate of drug-likeness (QED) is 0.832. The van der Waals surface area contributed by atoms with E-state index in [1.807, 2.05) is 6.07 Å². The molecule has 1 N–H and O–H groups in total. The van der Waals surface area contributed by atoms with Crippen LogP contribution in [0.5, 0.6) is 0 Å². The standard InChI is InChI=1S/C16H14FNO/c1-2-15(12-8-10-14(17)11-9-12)18-16(19)13-6-4-3-5-7-13/h2-11,15H,1H2,(H,18,19)/t15-/m0/s1. The fourth-order valence-corrected chi connectivity index (χ4v) is 1.76. The molecule has 0 fully saturated rings. The summed E-state index contributed by atoms with van der Waals surface area (Å²) in [6.45, 7) is 3.70. The van der Waals surface area contributed by atoms with Gasteiger partial charge in [-0.1, -0.05) is 36.4 Å². The summed E-state index contributed by atoms with van der Waals surface area (Å²) in [5.41, 5.74) is 1.37. The molecule has 2 aromatic carbocycles. The average molecular weight is 255 g/mol. The zero-order valence-corrected chi connectivity index (χ0v) is 10.3. The molecule has 0 saturated carbocycles. The molecule has 0 saturated heterocycles. The molecule has 2 rings (SSSR count). The summed E-state index contributed by atoms with van der Waals surface area (Å²) in [7, 11) is 0. The minimum Gasteiger partial charge on any atom is -0.342 e. The van der Waals surface area contributed by atoms with Crippen LogP contribution in [0.25, 0.3) is 0 Å². The van der Waals surface area contributed by atoms with Gasteiger partial charge in [-0.25, -0.2) is 4.39 Å². The number of halogens is 1. The summed E-state index contributed by atoms with van der Waals surface area (Å²) < 4.78 is 12.9. The Morgan fingerprint density at radius 3 is 2.32 bits per heavy atom. The fourth-order valence-electron chi connectivity index (χ4n) is 1.76. The third kappa shape index (κ3) is 3.28. The molecule has 2 aromatic rings. The van der Waals surface area contributed by atoms with Crippen molar-refractivity contribution in [3.8, 4) is 0 Å². The van der Waals surface area contributed by atoms with Gasteiger partial charge in [0, 0.05) is 5.56 Å². The molecule has 0 aliphatic carbocycles. The summed E-state index contributed by atoms with van der Waals surface area (Å²) >= 11 is 0. The second-order valence-electron chi connectivity index (χ2n) is 4.10. The van der Waals surface area contributed by atoms with Gasteiger partial charge in [0.1, 0.15) is 5.82 Å². The zero-order valence-electron chi connectivity index (χ0n) is 10.3. The van der Waals surface area contributed by atoms with Gasteiger partial charge in [0.05, 0.1) is 6.04 Å². The summed E-state index contributed by atoms with van der Waals surface area (Å²) in [4.78, 5) is 12.0. The SMILES string of the molecule is C=C[C@H](NC(=O)c1ccccc1)c1ccc(F)cc1. The van der Waals surface area contributed by atoms with Crippen LogP contribution in [0.3, 0.4) is 0 Å². The number of amides is 1. The molecule has 0 spiro atoms. The smallest absolute Gasteiger partial charge is 0.252 e. The van der Waals surface area contributed by atoms with Gasteiger partial charge >= 0.3 is 0 Å². The molecule has 0 heterocycles. The van der Waals surface area contributed by atoms with Crippen molar-refractivity contribution >= 4 is 5.91 Å². The van der Waals surface area contributed by atoms with E-state index in [1.165, 1.54) is 12.1 Å². The van der Waals surface area contributed by atoms with Gasteiger partial charge in [0.2, 0.25) is 0 Å². The summed E-state index contributed by atoms with van der Waals surface area (Å²) in [5.74, 6) is -0.490. The molecular formula is C16H14FNO. The Balaban J connectivity index is 2.14. The molecule has 96 valence electrons. The van der Waals surface area contributed by atoms with Crippen molar-refractivity contribution in [2.24, 2.45) is 0 Å². The summed E-state index contributed by atoms with van der Waals surface area (Å²) in [6.07, 6.45) is 1.62. The van der Waals surface area contributed by atoms with Gasteiger partial charge in [0.25, 0.3) is 5.91 Å². The first-order valence-corrected chi connectivity index (χ1v) is 5.94. The first-order chi connectivity index (χ1) is 9.20. The van der Waals surface area contributed by atoms with Gasteiger partial charge in [-0.3, -0.25) is 4.79 Å². The fraction of sp³-hybridized carbons (Fsp3) is 0.0625. The highest BCUT2D eigenvalue weighted by Gasteiger charge is 2.12. The van der Waals surface area contributed by atoms with E-state index in [0.29, 0.717) is 5.56 Å². The Morgan fingerprint density at radius 2 is 1.74 bits per heavy atom. The van der Waals surface area contributed by atoms with Crippen LogP contribution in [0.2, 0.25) is 0 Å². The van der Waals surface area contributed by atoms with Gasteiger partial charge in [-0.15, -0.1) is 6.58 Å². The van der Waals surface area contributed by atoms with Gasteiger partial charge in [-0.05, 0) is 29.8 Å². The number of nitrogens with one attached hydrogen (secondary N) is 1. The van der Waals surface area contributed by atoms with Crippen LogP contribution in [0.1, 0.15) is 22.0 Å². The number of carbonyl (C=O) groups is 1. The number of benzene rings is 2. The van der Waals surface area contributed by atoms with E-state index in [4.69, 9.17) is 0 Å². The van der Waals surface area contributed by atoms with Crippen LogP contribution < -0.4 is 5.32 Å². The maximum Gasteiger partial charge on any atom is 0.252 e. The van der Waals surface area contributed by atoms with E-state index in [9.17, 15) is 9.18 Å². The molecular weight excluding hydrogens is 241 g/mol. The number of rotatable bonds is 4. The Hall–Kier alpha value is -2.42. The normalized spacial score (nSPS) is 11.6. The number of hydrogen-bond acceptors (Lipinski definition) is 1. The molecule has 0 aromatic heterocycles. The van der Waals surface area contributed by atoms with E-state index in [1.54, 1.807) is 42.5 Å². The van der Waals surface area contributed by atoms with Crippen molar-refractivity contribution in [3.05, 3.63) is 84.2 Å². The first kappa shape index (κ1) is 13.0. The maximum absolute atomic E-state index is 12.9. The molecule has 3 heteroatoms. The van der Waals surface area contributed by atoms with E-state index in [2.05, 4.69) is 11.9 Å².